The van der Waals surface area contributed by atoms with Gasteiger partial charge in [-0.2, -0.15) is 0 Å². The number of amides is 1. The molecule has 32 heavy (non-hydrogen) atoms. The second kappa shape index (κ2) is 12.3. The maximum absolute atomic E-state index is 12.9. The van der Waals surface area contributed by atoms with Crippen molar-refractivity contribution in [1.29, 1.82) is 0 Å². The Bertz CT molecular complexity index is 735. The number of aromatic nitrogens is 2. The van der Waals surface area contributed by atoms with E-state index in [2.05, 4.69) is 21.7 Å². The van der Waals surface area contributed by atoms with E-state index in [1.54, 1.807) is 11.8 Å². The summed E-state index contributed by atoms with van der Waals surface area (Å²) in [4.78, 5) is 27.0. The summed E-state index contributed by atoms with van der Waals surface area (Å²) in [6, 6.07) is 0. The van der Waals surface area contributed by atoms with Gasteiger partial charge in [-0.1, -0.05) is 43.9 Å². The van der Waals surface area contributed by atoms with Crippen molar-refractivity contribution in [3.05, 3.63) is 17.5 Å². The van der Waals surface area contributed by atoms with Crippen molar-refractivity contribution >= 4 is 17.7 Å². The van der Waals surface area contributed by atoms with E-state index in [0.29, 0.717) is 11.8 Å². The van der Waals surface area contributed by atoms with Gasteiger partial charge in [0, 0.05) is 57.0 Å². The van der Waals surface area contributed by atoms with Crippen LogP contribution < -0.4 is 0 Å². The van der Waals surface area contributed by atoms with Crippen LogP contribution in [0.5, 0.6) is 0 Å². The smallest absolute Gasteiger partial charge is 0.222 e. The number of piperidine rings is 1. The lowest BCUT2D eigenvalue weighted by Gasteiger charge is -2.33. The highest BCUT2D eigenvalue weighted by atomic mass is 32.2. The Hall–Kier alpha value is -1.18. The molecule has 0 aromatic carbocycles. The van der Waals surface area contributed by atoms with Crippen LogP contribution in [0.4, 0.5) is 0 Å². The summed E-state index contributed by atoms with van der Waals surface area (Å²) in [6.45, 7) is 8.61. The lowest BCUT2D eigenvalue weighted by molar-refractivity contribution is -0.132. The molecular formula is C25H40N4O2S. The molecular weight excluding hydrogens is 420 g/mol. The van der Waals surface area contributed by atoms with Gasteiger partial charge in [-0.25, -0.2) is 9.97 Å². The molecule has 3 fully saturated rings. The molecule has 4 rings (SSSR count). The number of likely N-dealkylation sites (tertiary alicyclic amines) is 1. The van der Waals surface area contributed by atoms with Gasteiger partial charge in [0.25, 0.3) is 0 Å². The predicted octanol–water partition coefficient (Wildman–Crippen LogP) is 4.28. The molecule has 178 valence electrons. The van der Waals surface area contributed by atoms with E-state index in [1.807, 2.05) is 6.20 Å². The molecule has 1 amide bonds. The third-order valence-corrected chi connectivity index (χ3v) is 8.22. The molecule has 2 saturated heterocycles. The SMILES string of the molecule is Cc1cnc(SCCN2CCOCC2)nc1C1CCCN(C(=O)CCC2CCCCC2)C1. The van der Waals surface area contributed by atoms with Crippen molar-refractivity contribution < 1.29 is 9.53 Å². The normalized spacial score (nSPS) is 23.4. The Labute approximate surface area is 197 Å². The van der Waals surface area contributed by atoms with Crippen LogP contribution in [0.15, 0.2) is 11.4 Å². The molecule has 0 radical (unpaired) electrons. The molecule has 7 heteroatoms. The van der Waals surface area contributed by atoms with Crippen LogP contribution in [0.1, 0.15) is 75.0 Å². The first kappa shape index (κ1) is 24.0. The second-order valence-electron chi connectivity index (χ2n) is 9.74. The van der Waals surface area contributed by atoms with Crippen LogP contribution in [-0.2, 0) is 9.53 Å². The van der Waals surface area contributed by atoms with Gasteiger partial charge in [0.1, 0.15) is 0 Å². The maximum atomic E-state index is 12.9. The Morgan fingerprint density at radius 3 is 2.75 bits per heavy atom. The molecule has 6 nitrogen and oxygen atoms in total. The van der Waals surface area contributed by atoms with Gasteiger partial charge in [-0.3, -0.25) is 9.69 Å². The summed E-state index contributed by atoms with van der Waals surface area (Å²) in [5, 5.41) is 0.875. The molecule has 1 aromatic rings. The number of thioether (sulfide) groups is 1. The Morgan fingerprint density at radius 1 is 1.12 bits per heavy atom. The minimum Gasteiger partial charge on any atom is -0.379 e. The van der Waals surface area contributed by atoms with Crippen LogP contribution >= 0.6 is 11.8 Å². The van der Waals surface area contributed by atoms with Crippen molar-refractivity contribution in [2.24, 2.45) is 5.92 Å². The molecule has 3 aliphatic rings. The van der Waals surface area contributed by atoms with Crippen LogP contribution in [0.2, 0.25) is 0 Å². The van der Waals surface area contributed by atoms with Gasteiger partial charge in [0.05, 0.1) is 18.9 Å². The first-order chi connectivity index (χ1) is 15.7. The number of hydrogen-bond donors (Lipinski definition) is 0. The molecule has 0 spiro atoms. The summed E-state index contributed by atoms with van der Waals surface area (Å²) in [5.41, 5.74) is 2.31. The second-order valence-corrected chi connectivity index (χ2v) is 10.8. The number of hydrogen-bond acceptors (Lipinski definition) is 6. The van der Waals surface area contributed by atoms with Crippen molar-refractivity contribution in [3.8, 4) is 0 Å². The van der Waals surface area contributed by atoms with E-state index < -0.39 is 0 Å². The van der Waals surface area contributed by atoms with Crippen LogP contribution in [0, 0.1) is 12.8 Å². The molecule has 1 unspecified atom stereocenters. The minimum absolute atomic E-state index is 0.337. The maximum Gasteiger partial charge on any atom is 0.222 e. The third-order valence-electron chi connectivity index (χ3n) is 7.38. The number of carbonyl (C=O) groups is 1. The van der Waals surface area contributed by atoms with E-state index in [0.717, 1.165) is 99.7 Å². The summed E-state index contributed by atoms with van der Waals surface area (Å²) in [7, 11) is 0. The lowest BCUT2D eigenvalue weighted by Crippen LogP contribution is -2.39. The fraction of sp³-hybridized carbons (Fsp3) is 0.800. The van der Waals surface area contributed by atoms with E-state index in [9.17, 15) is 4.79 Å². The topological polar surface area (TPSA) is 58.6 Å². The first-order valence-electron chi connectivity index (χ1n) is 12.7. The highest BCUT2D eigenvalue weighted by Gasteiger charge is 2.27. The average Bonchev–Trinajstić information content (AvgIpc) is 2.85. The standard InChI is InChI=1S/C25H40N4O2S/c1-20-18-26-25(32-17-14-28-12-15-31-16-13-28)27-24(20)22-8-5-11-29(19-22)23(30)10-9-21-6-3-2-4-7-21/h18,21-22H,2-17,19H2,1H3. The lowest BCUT2D eigenvalue weighted by atomic mass is 9.86. The summed E-state index contributed by atoms with van der Waals surface area (Å²) < 4.78 is 5.43. The van der Waals surface area contributed by atoms with Gasteiger partial charge in [0.2, 0.25) is 5.91 Å². The molecule has 1 saturated carbocycles. The van der Waals surface area contributed by atoms with Crippen LogP contribution in [0.3, 0.4) is 0 Å². The Balaban J connectivity index is 1.28. The molecule has 0 N–H and O–H groups in total. The summed E-state index contributed by atoms with van der Waals surface area (Å²) in [6.07, 6.45) is 12.7. The molecule has 1 aromatic heterocycles. The zero-order valence-electron chi connectivity index (χ0n) is 19.8. The third kappa shape index (κ3) is 6.91. The monoisotopic (exact) mass is 460 g/mol. The number of aryl methyl sites for hydroxylation is 1. The molecule has 0 bridgehead atoms. The highest BCUT2D eigenvalue weighted by Crippen LogP contribution is 2.31. The first-order valence-corrected chi connectivity index (χ1v) is 13.7. The van der Waals surface area contributed by atoms with Gasteiger partial charge < -0.3 is 9.64 Å². The van der Waals surface area contributed by atoms with E-state index in [4.69, 9.17) is 9.72 Å². The quantitative estimate of drug-likeness (QED) is 0.426. The van der Waals surface area contributed by atoms with Crippen molar-refractivity contribution in [2.75, 3.05) is 51.7 Å². The average molecular weight is 461 g/mol. The fourth-order valence-electron chi connectivity index (χ4n) is 5.40. The number of carbonyl (C=O) groups excluding carboxylic acids is 1. The zero-order chi connectivity index (χ0) is 22.2. The highest BCUT2D eigenvalue weighted by molar-refractivity contribution is 7.99. The number of rotatable bonds is 8. The number of morpholine rings is 1. The van der Waals surface area contributed by atoms with E-state index >= 15 is 0 Å². The summed E-state index contributed by atoms with van der Waals surface area (Å²) in [5.74, 6) is 2.46. The Kier molecular flexibility index (Phi) is 9.23. The number of nitrogens with zero attached hydrogens (tertiary/aromatic N) is 4. The summed E-state index contributed by atoms with van der Waals surface area (Å²) >= 11 is 1.75. The van der Waals surface area contributed by atoms with Gasteiger partial charge >= 0.3 is 0 Å². The van der Waals surface area contributed by atoms with Crippen molar-refractivity contribution in [2.45, 2.75) is 75.8 Å². The molecule has 3 heterocycles. The van der Waals surface area contributed by atoms with Crippen LogP contribution in [0.25, 0.3) is 0 Å². The fourth-order valence-corrected chi connectivity index (χ4v) is 6.22. The van der Waals surface area contributed by atoms with Gasteiger partial charge in [0.15, 0.2) is 5.16 Å². The largest absolute Gasteiger partial charge is 0.379 e. The predicted molar refractivity (Wildman–Crippen MR) is 129 cm³/mol. The van der Waals surface area contributed by atoms with Crippen molar-refractivity contribution in [1.82, 2.24) is 19.8 Å². The molecule has 1 aliphatic carbocycles. The van der Waals surface area contributed by atoms with E-state index in [1.165, 1.54) is 32.1 Å². The zero-order valence-corrected chi connectivity index (χ0v) is 20.6. The van der Waals surface area contributed by atoms with E-state index in [-0.39, 0.29) is 0 Å². The van der Waals surface area contributed by atoms with Crippen molar-refractivity contribution in [3.63, 3.8) is 0 Å². The number of ether oxygens (including phenoxy) is 1. The molecule has 2 aliphatic heterocycles. The Morgan fingerprint density at radius 2 is 1.94 bits per heavy atom. The van der Waals surface area contributed by atoms with Gasteiger partial charge in [-0.05, 0) is 37.7 Å². The molecule has 1 atom stereocenters. The van der Waals surface area contributed by atoms with Crippen LogP contribution in [-0.4, -0.2) is 77.4 Å². The minimum atomic E-state index is 0.337. The van der Waals surface area contributed by atoms with Gasteiger partial charge in [-0.15, -0.1) is 0 Å².